The summed E-state index contributed by atoms with van der Waals surface area (Å²) in [7, 11) is -3.68. The number of carbonyl (C=O) groups is 1. The maximum Gasteiger partial charge on any atom is 0.335 e. The molecular formula is C14H12ClNO4S. The van der Waals surface area contributed by atoms with Crippen LogP contribution >= 0.6 is 11.6 Å². The molecule has 0 aliphatic heterocycles. The third-order valence-electron chi connectivity index (χ3n) is 2.69. The minimum Gasteiger partial charge on any atom is -0.478 e. The van der Waals surface area contributed by atoms with Gasteiger partial charge in [0.2, 0.25) is 10.0 Å². The van der Waals surface area contributed by atoms with Gasteiger partial charge in [-0.2, -0.15) is 0 Å². The van der Waals surface area contributed by atoms with Gasteiger partial charge >= 0.3 is 5.97 Å². The predicted molar refractivity (Wildman–Crippen MR) is 81.1 cm³/mol. The molecular weight excluding hydrogens is 314 g/mol. The summed E-state index contributed by atoms with van der Waals surface area (Å²) in [5, 5.41) is 9.25. The fourth-order valence-corrected chi connectivity index (χ4v) is 3.25. The Labute approximate surface area is 127 Å². The molecule has 0 atom stereocenters. The van der Waals surface area contributed by atoms with Crippen molar-refractivity contribution in [1.29, 1.82) is 0 Å². The van der Waals surface area contributed by atoms with Crippen LogP contribution in [0.15, 0.2) is 48.5 Å². The second kappa shape index (κ2) is 6.15. The molecule has 0 aliphatic carbocycles. The van der Waals surface area contributed by atoms with E-state index in [9.17, 15) is 13.2 Å². The monoisotopic (exact) mass is 325 g/mol. The summed E-state index contributed by atoms with van der Waals surface area (Å²) in [6.07, 6.45) is 0. The molecule has 0 fully saturated rings. The molecule has 0 spiro atoms. The van der Waals surface area contributed by atoms with E-state index in [1.807, 2.05) is 0 Å². The summed E-state index contributed by atoms with van der Waals surface area (Å²) < 4.78 is 26.5. The van der Waals surface area contributed by atoms with Crippen molar-refractivity contribution in [2.75, 3.05) is 4.72 Å². The Hall–Kier alpha value is -2.05. The molecule has 0 bridgehead atoms. The molecule has 2 rings (SSSR count). The van der Waals surface area contributed by atoms with Gasteiger partial charge in [0, 0.05) is 10.7 Å². The molecule has 2 aromatic carbocycles. The van der Waals surface area contributed by atoms with Gasteiger partial charge in [0.15, 0.2) is 0 Å². The van der Waals surface area contributed by atoms with Gasteiger partial charge in [0.05, 0.1) is 11.3 Å². The lowest BCUT2D eigenvalue weighted by molar-refractivity contribution is 0.0697. The van der Waals surface area contributed by atoms with Crippen molar-refractivity contribution in [2.45, 2.75) is 5.75 Å². The number of carboxylic acids is 1. The Morgan fingerprint density at radius 2 is 1.86 bits per heavy atom. The van der Waals surface area contributed by atoms with E-state index >= 15 is 0 Å². The van der Waals surface area contributed by atoms with Crippen LogP contribution in [-0.4, -0.2) is 19.5 Å². The smallest absolute Gasteiger partial charge is 0.335 e. The number of anilines is 1. The highest BCUT2D eigenvalue weighted by atomic mass is 35.5. The Morgan fingerprint density at radius 1 is 1.14 bits per heavy atom. The van der Waals surface area contributed by atoms with Crippen molar-refractivity contribution >= 4 is 33.3 Å². The predicted octanol–water partition coefficient (Wildman–Crippen LogP) is 2.98. The highest BCUT2D eigenvalue weighted by Crippen LogP contribution is 2.19. The highest BCUT2D eigenvalue weighted by molar-refractivity contribution is 7.91. The zero-order valence-corrected chi connectivity index (χ0v) is 12.4. The van der Waals surface area contributed by atoms with Crippen LogP contribution in [0, 0.1) is 0 Å². The van der Waals surface area contributed by atoms with Crippen LogP contribution < -0.4 is 4.72 Å². The summed E-state index contributed by atoms with van der Waals surface area (Å²) >= 11 is 5.93. The number of halogens is 1. The van der Waals surface area contributed by atoms with E-state index in [0.29, 0.717) is 10.6 Å². The van der Waals surface area contributed by atoms with Gasteiger partial charge < -0.3 is 5.11 Å². The first-order valence-electron chi connectivity index (χ1n) is 5.95. The number of carboxylic acid groups (broad SMARTS) is 1. The minimum atomic E-state index is -3.68. The van der Waals surface area contributed by atoms with Crippen LogP contribution in [-0.2, 0) is 15.8 Å². The number of aromatic carboxylic acids is 1. The number of hydrogen-bond acceptors (Lipinski definition) is 3. The minimum absolute atomic E-state index is 0.00736. The first-order chi connectivity index (χ1) is 9.87. The van der Waals surface area contributed by atoms with Crippen LogP contribution in [0.4, 0.5) is 5.69 Å². The fourth-order valence-electron chi connectivity index (χ4n) is 1.75. The van der Waals surface area contributed by atoms with Gasteiger partial charge in [-0.1, -0.05) is 35.9 Å². The Kier molecular flexibility index (Phi) is 4.50. The van der Waals surface area contributed by atoms with Gasteiger partial charge in [0.1, 0.15) is 0 Å². The molecule has 21 heavy (non-hydrogen) atoms. The van der Waals surface area contributed by atoms with Crippen LogP contribution in [0.25, 0.3) is 0 Å². The summed E-state index contributed by atoms with van der Waals surface area (Å²) in [6.45, 7) is 0. The molecule has 7 heteroatoms. The van der Waals surface area contributed by atoms with Crippen molar-refractivity contribution in [3.8, 4) is 0 Å². The lowest BCUT2D eigenvalue weighted by Gasteiger charge is -2.09. The summed E-state index contributed by atoms with van der Waals surface area (Å²) in [5.74, 6) is -1.41. The van der Waals surface area contributed by atoms with E-state index in [4.69, 9.17) is 16.7 Å². The third kappa shape index (κ3) is 4.21. The zero-order valence-electron chi connectivity index (χ0n) is 10.8. The van der Waals surface area contributed by atoms with Crippen LogP contribution in [0.2, 0.25) is 5.02 Å². The van der Waals surface area contributed by atoms with Crippen LogP contribution in [0.5, 0.6) is 0 Å². The molecule has 0 unspecified atom stereocenters. The largest absolute Gasteiger partial charge is 0.478 e. The summed E-state index contributed by atoms with van der Waals surface area (Å²) in [4.78, 5) is 10.9. The molecule has 0 saturated heterocycles. The van der Waals surface area contributed by atoms with Crippen molar-refractivity contribution in [1.82, 2.24) is 0 Å². The Morgan fingerprint density at radius 3 is 2.52 bits per heavy atom. The normalized spacial score (nSPS) is 11.1. The van der Waals surface area contributed by atoms with E-state index < -0.39 is 16.0 Å². The third-order valence-corrected chi connectivity index (χ3v) is 4.29. The van der Waals surface area contributed by atoms with E-state index in [2.05, 4.69) is 4.72 Å². The van der Waals surface area contributed by atoms with Gasteiger partial charge in [-0.15, -0.1) is 0 Å². The molecule has 2 N–H and O–H groups in total. The second-order valence-corrected chi connectivity index (χ2v) is 6.47. The number of nitrogens with one attached hydrogen (secondary N) is 1. The maximum atomic E-state index is 12.1. The Balaban J connectivity index is 2.20. The van der Waals surface area contributed by atoms with Crippen molar-refractivity contribution < 1.29 is 18.3 Å². The van der Waals surface area contributed by atoms with Crippen LogP contribution in [0.3, 0.4) is 0 Å². The average molecular weight is 326 g/mol. The topological polar surface area (TPSA) is 83.5 Å². The van der Waals surface area contributed by atoms with Gasteiger partial charge in [0.25, 0.3) is 0 Å². The quantitative estimate of drug-likeness (QED) is 0.885. The average Bonchev–Trinajstić information content (AvgIpc) is 2.41. The van der Waals surface area contributed by atoms with E-state index in [1.165, 1.54) is 24.3 Å². The Bertz CT molecular complexity index is 774. The molecule has 0 radical (unpaired) electrons. The number of sulfonamides is 1. The molecule has 2 aromatic rings. The SMILES string of the molecule is O=C(O)c1cccc(NS(=O)(=O)Cc2ccccc2Cl)c1. The van der Waals surface area contributed by atoms with Crippen molar-refractivity contribution in [2.24, 2.45) is 0 Å². The number of rotatable bonds is 5. The van der Waals surface area contributed by atoms with E-state index in [-0.39, 0.29) is 17.0 Å². The van der Waals surface area contributed by atoms with E-state index in [0.717, 1.165) is 0 Å². The lowest BCUT2D eigenvalue weighted by Crippen LogP contribution is -2.15. The lowest BCUT2D eigenvalue weighted by atomic mass is 10.2. The molecule has 0 heterocycles. The zero-order chi connectivity index (χ0) is 15.5. The summed E-state index contributed by atoms with van der Waals surface area (Å²) in [6, 6.07) is 12.2. The van der Waals surface area contributed by atoms with Gasteiger partial charge in [-0.25, -0.2) is 13.2 Å². The van der Waals surface area contributed by atoms with Crippen molar-refractivity contribution in [3.05, 3.63) is 64.7 Å². The molecule has 0 aliphatic rings. The van der Waals surface area contributed by atoms with Crippen molar-refractivity contribution in [3.63, 3.8) is 0 Å². The van der Waals surface area contributed by atoms with E-state index in [1.54, 1.807) is 24.3 Å². The first-order valence-corrected chi connectivity index (χ1v) is 7.98. The molecule has 0 aromatic heterocycles. The van der Waals surface area contributed by atoms with Gasteiger partial charge in [-0.05, 0) is 29.8 Å². The second-order valence-electron chi connectivity index (χ2n) is 4.34. The fraction of sp³-hybridized carbons (Fsp3) is 0.0714. The summed E-state index contributed by atoms with van der Waals surface area (Å²) in [5.41, 5.74) is 0.677. The standard InChI is InChI=1S/C14H12ClNO4S/c15-13-7-2-1-4-11(13)9-21(19,20)16-12-6-3-5-10(8-12)14(17)18/h1-8,16H,9H2,(H,17,18). The first kappa shape index (κ1) is 15.3. The number of benzene rings is 2. The molecule has 5 nitrogen and oxygen atoms in total. The molecule has 0 amide bonds. The highest BCUT2D eigenvalue weighted by Gasteiger charge is 2.14. The molecule has 110 valence electrons. The van der Waals surface area contributed by atoms with Crippen LogP contribution in [0.1, 0.15) is 15.9 Å². The van der Waals surface area contributed by atoms with Gasteiger partial charge in [-0.3, -0.25) is 4.72 Å². The molecule has 0 saturated carbocycles. The maximum absolute atomic E-state index is 12.1. The number of hydrogen-bond donors (Lipinski definition) is 2.